The van der Waals surface area contributed by atoms with Crippen LogP contribution in [0.25, 0.3) is 17.1 Å². The van der Waals surface area contributed by atoms with Crippen LogP contribution in [-0.2, 0) is 43.2 Å². The van der Waals surface area contributed by atoms with E-state index in [1.807, 2.05) is 58.0 Å². The molecule has 3 rings (SSSR count). The van der Waals surface area contributed by atoms with Crippen LogP contribution in [0.5, 0.6) is 0 Å². The zero-order chi connectivity index (χ0) is 61.4. The van der Waals surface area contributed by atoms with Gasteiger partial charge >= 0.3 is 0 Å². The van der Waals surface area contributed by atoms with Crippen molar-refractivity contribution in [2.45, 2.75) is 176 Å². The number of unbranched alkanes of at least 4 members (excludes halogenated alkanes) is 2. The Labute approximate surface area is 481 Å². The van der Waals surface area contributed by atoms with Crippen molar-refractivity contribution < 1.29 is 47.9 Å². The van der Waals surface area contributed by atoms with Crippen LogP contribution < -0.4 is 53.6 Å². The van der Waals surface area contributed by atoms with Crippen molar-refractivity contribution in [3.63, 3.8) is 0 Å². The lowest BCUT2D eigenvalue weighted by molar-refractivity contribution is -0.138. The lowest BCUT2D eigenvalue weighted by atomic mass is 9.97. The number of hydrogen-bond acceptors (Lipinski definition) is 13. The molecule has 0 fully saturated rings. The summed E-state index contributed by atoms with van der Waals surface area (Å²) in [5.41, 5.74) is 6.10. The second-order valence-corrected chi connectivity index (χ2v) is 22.7. The number of para-hydroxylation sites is 1. The van der Waals surface area contributed by atoms with Crippen LogP contribution in [0.1, 0.15) is 145 Å². The Balaban J connectivity index is 1.74. The lowest BCUT2D eigenvalue weighted by Gasteiger charge is -2.32. The van der Waals surface area contributed by atoms with Crippen molar-refractivity contribution in [2.24, 2.45) is 29.4 Å². The minimum Gasteiger partial charge on any atom is -0.368 e. The third-order valence-corrected chi connectivity index (χ3v) is 13.1. The third-order valence-electron chi connectivity index (χ3n) is 13.1. The molecule has 450 valence electrons. The van der Waals surface area contributed by atoms with Crippen molar-refractivity contribution in [1.82, 2.24) is 68.1 Å². The fourth-order valence-electron chi connectivity index (χ4n) is 8.46. The number of carbonyl (C=O) groups is 10. The summed E-state index contributed by atoms with van der Waals surface area (Å²) in [5.74, 6) is -6.75. The Morgan fingerprint density at radius 1 is 0.585 bits per heavy atom. The summed E-state index contributed by atoms with van der Waals surface area (Å²) >= 11 is 0. The van der Waals surface area contributed by atoms with Crippen molar-refractivity contribution in [1.29, 1.82) is 0 Å². The molecule has 10 amide bonds. The van der Waals surface area contributed by atoms with E-state index in [9.17, 15) is 47.9 Å². The van der Waals surface area contributed by atoms with Gasteiger partial charge in [0, 0.05) is 36.7 Å². The first-order chi connectivity index (χ1) is 38.5. The second-order valence-electron chi connectivity index (χ2n) is 22.7. The van der Waals surface area contributed by atoms with Crippen LogP contribution in [0.3, 0.4) is 0 Å². The Morgan fingerprint density at radius 3 is 1.56 bits per heavy atom. The molecule has 0 bridgehead atoms. The van der Waals surface area contributed by atoms with Crippen molar-refractivity contribution in [2.75, 3.05) is 13.1 Å². The SMILES string of the molecule is C=C(C)C(=O)NCCCC[C@H](NC(=O)[C@@H](NC(C)=O)C(C)C)C(=O)NC(CC(C)C)C(=O)NC(C)(C)C(=O)N[C@H](C(=O)N[C@@H](CCCCNC(=O)c1ccc(-c2nnn(-c3ccccc3)n2)cc1)C(=O)N[C@@H](CC(C)C)C(N)=O)C(C)C. The number of amides is 10. The fraction of sp³-hybridized carbons (Fsp3) is 0.569. The predicted octanol–water partition coefficient (Wildman–Crippen LogP) is 2.81. The molecule has 24 nitrogen and oxygen atoms in total. The summed E-state index contributed by atoms with van der Waals surface area (Å²) < 4.78 is 0. The van der Waals surface area contributed by atoms with Gasteiger partial charge in [-0.15, -0.1) is 15.0 Å². The normalized spacial score (nSPS) is 13.6. The highest BCUT2D eigenvalue weighted by atomic mass is 16.2. The molecule has 0 aliphatic rings. The van der Waals surface area contributed by atoms with Crippen LogP contribution in [0, 0.1) is 23.7 Å². The van der Waals surface area contributed by atoms with Gasteiger partial charge in [-0.1, -0.05) is 92.3 Å². The van der Waals surface area contributed by atoms with Crippen LogP contribution in [0.4, 0.5) is 0 Å². The van der Waals surface area contributed by atoms with Gasteiger partial charge in [-0.05, 0) is 125 Å². The first-order valence-corrected chi connectivity index (χ1v) is 28.1. The van der Waals surface area contributed by atoms with E-state index in [4.69, 9.17) is 5.73 Å². The molecule has 0 aliphatic heterocycles. The lowest BCUT2D eigenvalue weighted by Crippen LogP contribution is -2.64. The second kappa shape index (κ2) is 33.0. The maximum Gasteiger partial charge on any atom is 0.251 e. The average molecular weight is 1140 g/mol. The van der Waals surface area contributed by atoms with Gasteiger partial charge in [0.1, 0.15) is 41.8 Å². The van der Waals surface area contributed by atoms with E-state index in [0.717, 1.165) is 5.69 Å². The summed E-state index contributed by atoms with van der Waals surface area (Å²) in [5, 5.41) is 37.3. The number of rotatable bonds is 34. The molecule has 6 atom stereocenters. The number of nitrogens with one attached hydrogen (secondary N) is 9. The molecule has 3 aromatic rings. The standard InChI is InChI=1S/C58H88N14O10/c1-33(2)31-44(48(59)74)65-52(77)42(23-18-20-30-61-51(76)40-27-25-39(26-28-40)49-69-71-72(70-49)41-21-15-14-16-22-41)64-56(81)47(36(7)8)67-57(82)58(12,13)68-54(79)45(32-34(3)4)66-53(78)43(24-17-19-29-60-50(75)37(9)10)63-55(80)46(35(5)6)62-38(11)73/h14-16,21-22,25-28,33-36,42-47H,9,17-20,23-24,29-32H2,1-8,10-13H3,(H2,59,74)(H,60,75)(H,61,76)(H,62,73)(H,63,80)(H,64,81)(H,65,77)(H,66,78)(H,67,82)(H,68,79)/t42-,43-,44-,45?,46-,47-/m0/s1. The van der Waals surface area contributed by atoms with Gasteiger partial charge in [0.15, 0.2) is 0 Å². The number of carbonyl (C=O) groups excluding carboxylic acids is 10. The first-order valence-electron chi connectivity index (χ1n) is 28.1. The molecule has 2 aromatic carbocycles. The quantitative estimate of drug-likeness (QED) is 0.0304. The molecule has 0 aliphatic carbocycles. The maximum atomic E-state index is 14.2. The minimum atomic E-state index is -1.69. The van der Waals surface area contributed by atoms with E-state index < -0.39 is 95.0 Å². The molecule has 0 saturated carbocycles. The summed E-state index contributed by atoms with van der Waals surface area (Å²) in [4.78, 5) is 135. The molecule has 11 N–H and O–H groups in total. The van der Waals surface area contributed by atoms with Crippen molar-refractivity contribution in [3.05, 3.63) is 72.3 Å². The molecule has 82 heavy (non-hydrogen) atoms. The number of nitrogens with zero attached hydrogens (tertiary/aromatic N) is 4. The molecular formula is C58H88N14O10. The number of tetrazole rings is 1. The van der Waals surface area contributed by atoms with Gasteiger partial charge < -0.3 is 53.6 Å². The van der Waals surface area contributed by atoms with Gasteiger partial charge in [0.2, 0.25) is 59.0 Å². The Kier molecular flexibility index (Phi) is 27.5. The predicted molar refractivity (Wildman–Crippen MR) is 310 cm³/mol. The highest BCUT2D eigenvalue weighted by Crippen LogP contribution is 2.18. The van der Waals surface area contributed by atoms with Gasteiger partial charge in [0.25, 0.3) is 5.91 Å². The van der Waals surface area contributed by atoms with Crippen LogP contribution >= 0.6 is 0 Å². The highest BCUT2D eigenvalue weighted by Gasteiger charge is 2.38. The number of hydrogen-bond donors (Lipinski definition) is 10. The van der Waals surface area contributed by atoms with E-state index >= 15 is 0 Å². The molecule has 0 saturated heterocycles. The van der Waals surface area contributed by atoms with Gasteiger partial charge in [-0.25, -0.2) is 0 Å². The summed E-state index contributed by atoms with van der Waals surface area (Å²) in [6.45, 7) is 24.0. The average Bonchev–Trinajstić information content (AvgIpc) is 3.92. The summed E-state index contributed by atoms with van der Waals surface area (Å²) in [7, 11) is 0. The molecular weight excluding hydrogens is 1050 g/mol. The van der Waals surface area contributed by atoms with Crippen LogP contribution in [-0.4, -0.2) is 134 Å². The molecule has 1 heterocycles. The zero-order valence-electron chi connectivity index (χ0n) is 49.7. The van der Waals surface area contributed by atoms with E-state index in [0.29, 0.717) is 48.2 Å². The summed E-state index contributed by atoms with van der Waals surface area (Å²) in [6, 6.07) is 9.19. The zero-order valence-corrected chi connectivity index (χ0v) is 49.7. The fourth-order valence-corrected chi connectivity index (χ4v) is 8.46. The topological polar surface area (TPSA) is 349 Å². The monoisotopic (exact) mass is 1140 g/mol. The highest BCUT2D eigenvalue weighted by molar-refractivity contribution is 5.99. The van der Waals surface area contributed by atoms with Crippen molar-refractivity contribution in [3.8, 4) is 17.1 Å². The van der Waals surface area contributed by atoms with E-state index in [-0.39, 0.29) is 68.3 Å². The van der Waals surface area contributed by atoms with E-state index in [1.54, 1.807) is 58.9 Å². The summed E-state index contributed by atoms with van der Waals surface area (Å²) in [6.07, 6.45) is 2.07. The van der Waals surface area contributed by atoms with Crippen molar-refractivity contribution >= 4 is 59.1 Å². The van der Waals surface area contributed by atoms with Gasteiger partial charge in [-0.2, -0.15) is 0 Å². The molecule has 0 spiro atoms. The Bertz CT molecular complexity index is 2670. The van der Waals surface area contributed by atoms with Gasteiger partial charge in [-0.3, -0.25) is 47.9 Å². The number of aromatic nitrogens is 4. The number of benzene rings is 2. The molecule has 24 heteroatoms. The Hall–Kier alpha value is -8.05. The van der Waals surface area contributed by atoms with Gasteiger partial charge in [0.05, 0.1) is 5.69 Å². The van der Waals surface area contributed by atoms with E-state index in [2.05, 4.69) is 69.8 Å². The van der Waals surface area contributed by atoms with E-state index in [1.165, 1.54) is 25.6 Å². The van der Waals surface area contributed by atoms with Crippen LogP contribution in [0.15, 0.2) is 66.7 Å². The number of primary amides is 1. The molecule has 1 unspecified atom stereocenters. The van der Waals surface area contributed by atoms with Crippen LogP contribution in [0.2, 0.25) is 0 Å². The Morgan fingerprint density at radius 2 is 1.07 bits per heavy atom. The smallest absolute Gasteiger partial charge is 0.251 e. The first kappa shape index (κ1) is 68.2. The largest absolute Gasteiger partial charge is 0.368 e. The number of nitrogens with two attached hydrogens (primary N) is 1. The minimum absolute atomic E-state index is 0.0202. The molecule has 0 radical (unpaired) electrons. The maximum absolute atomic E-state index is 14.2. The third kappa shape index (κ3) is 22.8. The molecule has 1 aromatic heterocycles.